The Morgan fingerprint density at radius 1 is 1.12 bits per heavy atom. The predicted octanol–water partition coefficient (Wildman–Crippen LogP) is 3.65. The van der Waals surface area contributed by atoms with Gasteiger partial charge in [-0.2, -0.15) is 0 Å². The predicted molar refractivity (Wildman–Crippen MR) is 65.1 cm³/mol. The van der Waals surface area contributed by atoms with E-state index in [4.69, 9.17) is 17.3 Å². The Morgan fingerprint density at radius 2 is 1.94 bits per heavy atom. The number of benzene rings is 2. The summed E-state index contributed by atoms with van der Waals surface area (Å²) >= 11 is 5.82. The van der Waals surface area contributed by atoms with Crippen LogP contribution in [0.5, 0.6) is 0 Å². The smallest absolute Gasteiger partial charge is 0.126 e. The SMILES string of the molecule is Nc1cccc(Cc2cc(Cl)ccc2F)c1. The van der Waals surface area contributed by atoms with Gasteiger partial charge in [-0.1, -0.05) is 23.7 Å². The minimum atomic E-state index is -0.244. The maximum absolute atomic E-state index is 13.5. The molecule has 0 saturated heterocycles. The monoisotopic (exact) mass is 235 g/mol. The van der Waals surface area contributed by atoms with E-state index in [1.54, 1.807) is 18.2 Å². The molecule has 2 rings (SSSR count). The van der Waals surface area contributed by atoms with Gasteiger partial charge in [0.2, 0.25) is 0 Å². The first kappa shape index (κ1) is 11.0. The third-order valence-corrected chi connectivity index (χ3v) is 2.59. The van der Waals surface area contributed by atoms with Crippen molar-refractivity contribution < 1.29 is 4.39 Å². The summed E-state index contributed by atoms with van der Waals surface area (Å²) in [6.07, 6.45) is 0.497. The van der Waals surface area contributed by atoms with Crippen molar-refractivity contribution in [1.82, 2.24) is 0 Å². The van der Waals surface area contributed by atoms with Crippen LogP contribution in [0.2, 0.25) is 5.02 Å². The summed E-state index contributed by atoms with van der Waals surface area (Å²) in [6.45, 7) is 0. The van der Waals surface area contributed by atoms with Crippen molar-refractivity contribution in [1.29, 1.82) is 0 Å². The van der Waals surface area contributed by atoms with Gasteiger partial charge in [0.25, 0.3) is 0 Å². The number of nitrogen functional groups attached to an aromatic ring is 1. The van der Waals surface area contributed by atoms with Gasteiger partial charge in [0.1, 0.15) is 5.82 Å². The van der Waals surface area contributed by atoms with E-state index in [1.165, 1.54) is 6.07 Å². The van der Waals surface area contributed by atoms with Crippen molar-refractivity contribution in [3.05, 3.63) is 64.4 Å². The van der Waals surface area contributed by atoms with Crippen molar-refractivity contribution in [2.24, 2.45) is 0 Å². The molecule has 0 aliphatic carbocycles. The largest absolute Gasteiger partial charge is 0.399 e. The Kier molecular flexibility index (Phi) is 3.11. The number of hydrogen-bond donors (Lipinski definition) is 1. The van der Waals surface area contributed by atoms with E-state index in [0.717, 1.165) is 5.56 Å². The molecule has 0 atom stereocenters. The molecule has 0 aliphatic heterocycles. The van der Waals surface area contributed by atoms with Gasteiger partial charge in [-0.05, 0) is 41.5 Å². The Morgan fingerprint density at radius 3 is 2.69 bits per heavy atom. The number of anilines is 1. The Balaban J connectivity index is 2.30. The van der Waals surface area contributed by atoms with Gasteiger partial charge in [0.05, 0.1) is 0 Å². The van der Waals surface area contributed by atoms with Gasteiger partial charge in [0.15, 0.2) is 0 Å². The van der Waals surface area contributed by atoms with E-state index in [1.807, 2.05) is 18.2 Å². The van der Waals surface area contributed by atoms with E-state index in [9.17, 15) is 4.39 Å². The fraction of sp³-hybridized carbons (Fsp3) is 0.0769. The van der Waals surface area contributed by atoms with Crippen LogP contribution >= 0.6 is 11.6 Å². The second kappa shape index (κ2) is 4.54. The summed E-state index contributed by atoms with van der Waals surface area (Å²) < 4.78 is 13.5. The molecule has 0 fully saturated rings. The second-order valence-corrected chi connectivity index (χ2v) is 4.09. The van der Waals surface area contributed by atoms with Gasteiger partial charge in [0, 0.05) is 17.1 Å². The van der Waals surface area contributed by atoms with Gasteiger partial charge in [-0.3, -0.25) is 0 Å². The summed E-state index contributed by atoms with van der Waals surface area (Å²) in [5, 5.41) is 0.542. The van der Waals surface area contributed by atoms with Gasteiger partial charge >= 0.3 is 0 Å². The van der Waals surface area contributed by atoms with Crippen molar-refractivity contribution in [2.45, 2.75) is 6.42 Å². The lowest BCUT2D eigenvalue weighted by atomic mass is 10.0. The molecule has 0 saturated carbocycles. The fourth-order valence-corrected chi connectivity index (χ4v) is 1.80. The molecule has 0 radical (unpaired) electrons. The van der Waals surface area contributed by atoms with E-state index in [-0.39, 0.29) is 5.82 Å². The summed E-state index contributed by atoms with van der Waals surface area (Å²) in [5.41, 5.74) is 7.90. The van der Waals surface area contributed by atoms with Crippen LogP contribution < -0.4 is 5.73 Å². The van der Waals surface area contributed by atoms with Crippen molar-refractivity contribution >= 4 is 17.3 Å². The molecule has 2 aromatic rings. The van der Waals surface area contributed by atoms with E-state index < -0.39 is 0 Å². The minimum Gasteiger partial charge on any atom is -0.399 e. The first-order valence-corrected chi connectivity index (χ1v) is 5.31. The molecule has 1 nitrogen and oxygen atoms in total. The van der Waals surface area contributed by atoms with Crippen LogP contribution in [0.3, 0.4) is 0 Å². The third-order valence-electron chi connectivity index (χ3n) is 2.35. The zero-order valence-corrected chi connectivity index (χ0v) is 9.34. The van der Waals surface area contributed by atoms with Crippen molar-refractivity contribution in [2.75, 3.05) is 5.73 Å². The Bertz CT molecular complexity index is 511. The van der Waals surface area contributed by atoms with Crippen LogP contribution in [0.4, 0.5) is 10.1 Å². The fourth-order valence-electron chi connectivity index (χ4n) is 1.60. The molecule has 2 N–H and O–H groups in total. The molecule has 2 aromatic carbocycles. The minimum absolute atomic E-state index is 0.244. The van der Waals surface area contributed by atoms with E-state index >= 15 is 0 Å². The second-order valence-electron chi connectivity index (χ2n) is 3.66. The molecule has 3 heteroatoms. The lowest BCUT2D eigenvalue weighted by Gasteiger charge is -2.05. The quantitative estimate of drug-likeness (QED) is 0.790. The molecular weight excluding hydrogens is 225 g/mol. The van der Waals surface area contributed by atoms with E-state index in [0.29, 0.717) is 22.7 Å². The highest BCUT2D eigenvalue weighted by molar-refractivity contribution is 6.30. The van der Waals surface area contributed by atoms with Crippen LogP contribution in [-0.2, 0) is 6.42 Å². The molecule has 0 bridgehead atoms. The molecule has 82 valence electrons. The van der Waals surface area contributed by atoms with Crippen LogP contribution in [0, 0.1) is 5.82 Å². The zero-order chi connectivity index (χ0) is 11.5. The highest BCUT2D eigenvalue weighted by Gasteiger charge is 2.04. The summed E-state index contributed by atoms with van der Waals surface area (Å²) in [6, 6.07) is 12.0. The summed E-state index contributed by atoms with van der Waals surface area (Å²) in [4.78, 5) is 0. The number of hydrogen-bond acceptors (Lipinski definition) is 1. The van der Waals surface area contributed by atoms with Crippen molar-refractivity contribution in [3.63, 3.8) is 0 Å². The number of rotatable bonds is 2. The average molecular weight is 236 g/mol. The maximum atomic E-state index is 13.5. The summed E-state index contributed by atoms with van der Waals surface area (Å²) in [7, 11) is 0. The highest BCUT2D eigenvalue weighted by atomic mass is 35.5. The zero-order valence-electron chi connectivity index (χ0n) is 8.58. The van der Waals surface area contributed by atoms with Crippen LogP contribution in [0.25, 0.3) is 0 Å². The summed E-state index contributed by atoms with van der Waals surface area (Å²) in [5.74, 6) is -0.244. The maximum Gasteiger partial charge on any atom is 0.126 e. The van der Waals surface area contributed by atoms with Gasteiger partial charge in [-0.25, -0.2) is 4.39 Å². The van der Waals surface area contributed by atoms with Crippen LogP contribution in [0.1, 0.15) is 11.1 Å². The number of nitrogens with two attached hydrogens (primary N) is 1. The van der Waals surface area contributed by atoms with Crippen molar-refractivity contribution in [3.8, 4) is 0 Å². The molecule has 0 spiro atoms. The molecule has 0 aliphatic rings. The molecule has 0 heterocycles. The lowest BCUT2D eigenvalue weighted by molar-refractivity contribution is 0.614. The molecule has 0 amide bonds. The van der Waals surface area contributed by atoms with Gasteiger partial charge in [-0.15, -0.1) is 0 Å². The molecule has 0 aromatic heterocycles. The number of halogens is 2. The Hall–Kier alpha value is -1.54. The Labute approximate surface area is 98.7 Å². The lowest BCUT2D eigenvalue weighted by Crippen LogP contribution is -1.94. The molecular formula is C13H11ClFN. The average Bonchev–Trinajstić information content (AvgIpc) is 2.24. The van der Waals surface area contributed by atoms with Crippen LogP contribution in [-0.4, -0.2) is 0 Å². The van der Waals surface area contributed by atoms with E-state index in [2.05, 4.69) is 0 Å². The topological polar surface area (TPSA) is 26.0 Å². The standard InChI is InChI=1S/C13H11ClFN/c14-11-4-5-13(15)10(8-11)6-9-2-1-3-12(16)7-9/h1-5,7-8H,6,16H2. The molecule has 16 heavy (non-hydrogen) atoms. The first-order chi connectivity index (χ1) is 7.65. The first-order valence-electron chi connectivity index (χ1n) is 4.93. The van der Waals surface area contributed by atoms with Crippen LogP contribution in [0.15, 0.2) is 42.5 Å². The molecule has 0 unspecified atom stereocenters. The third kappa shape index (κ3) is 2.52. The normalized spacial score (nSPS) is 10.4. The highest BCUT2D eigenvalue weighted by Crippen LogP contribution is 2.19. The van der Waals surface area contributed by atoms with Gasteiger partial charge < -0.3 is 5.73 Å².